The van der Waals surface area contributed by atoms with Crippen molar-refractivity contribution in [3.05, 3.63) is 0 Å². The van der Waals surface area contributed by atoms with Crippen molar-refractivity contribution in [2.45, 2.75) is 112 Å². The van der Waals surface area contributed by atoms with Gasteiger partial charge in [0.2, 0.25) is 23.6 Å². The highest BCUT2D eigenvalue weighted by Gasteiger charge is 2.45. The lowest BCUT2D eigenvalue weighted by Crippen LogP contribution is -2.59. The molecule has 0 spiro atoms. The third-order valence-corrected chi connectivity index (χ3v) is 9.39. The van der Waals surface area contributed by atoms with E-state index >= 15 is 0 Å². The van der Waals surface area contributed by atoms with Gasteiger partial charge in [-0.15, -0.1) is 0 Å². The first-order valence-electron chi connectivity index (χ1n) is 19.6. The Morgan fingerprint density at radius 3 is 1.63 bits per heavy atom. The lowest BCUT2D eigenvalue weighted by Gasteiger charge is -2.39. The third kappa shape index (κ3) is 18.5. The molecule has 0 unspecified atom stereocenters. The summed E-state index contributed by atoms with van der Waals surface area (Å²) < 4.78 is 25.9. The predicted molar refractivity (Wildman–Crippen MR) is 200 cm³/mol. The molecule has 24 nitrogen and oxygen atoms in total. The van der Waals surface area contributed by atoms with E-state index in [0.717, 1.165) is 0 Å². The van der Waals surface area contributed by atoms with Crippen molar-refractivity contribution in [3.63, 3.8) is 0 Å². The summed E-state index contributed by atoms with van der Waals surface area (Å²) in [7, 11) is 1.30. The molecule has 11 atom stereocenters. The number of carbonyl (C=O) groups excluding carboxylic acids is 5. The Morgan fingerprint density at radius 1 is 0.644 bits per heavy atom. The molecule has 0 aromatic heterocycles. The first-order valence-corrected chi connectivity index (χ1v) is 19.6. The second kappa shape index (κ2) is 28.3. The molecule has 2 rings (SSSR count). The van der Waals surface area contributed by atoms with Crippen molar-refractivity contribution in [1.82, 2.24) is 26.2 Å². The van der Waals surface area contributed by atoms with E-state index in [9.17, 15) is 64.8 Å². The van der Waals surface area contributed by atoms with E-state index in [-0.39, 0.29) is 51.7 Å². The zero-order valence-corrected chi connectivity index (χ0v) is 33.3. The summed E-state index contributed by atoms with van der Waals surface area (Å²) in [4.78, 5) is 64.8. The maximum absolute atomic E-state index is 13.3. The molecule has 4 amide bonds. The van der Waals surface area contributed by atoms with E-state index in [1.165, 1.54) is 12.0 Å². The number of esters is 1. The van der Waals surface area contributed by atoms with Crippen LogP contribution in [0.2, 0.25) is 0 Å². The summed E-state index contributed by atoms with van der Waals surface area (Å²) >= 11 is 0. The summed E-state index contributed by atoms with van der Waals surface area (Å²) in [6, 6.07) is -0.965. The quantitative estimate of drug-likeness (QED) is 0.0257. The van der Waals surface area contributed by atoms with Gasteiger partial charge in [-0.2, -0.15) is 0 Å². The van der Waals surface area contributed by atoms with Crippen molar-refractivity contribution < 1.29 is 88.5 Å². The van der Waals surface area contributed by atoms with Gasteiger partial charge in [-0.25, -0.2) is 0 Å². The Morgan fingerprint density at radius 2 is 1.15 bits per heavy atom. The summed E-state index contributed by atoms with van der Waals surface area (Å²) in [5.74, 6) is -2.81. The molecule has 2 aliphatic heterocycles. The van der Waals surface area contributed by atoms with Crippen LogP contribution in [-0.2, 0) is 47.7 Å². The van der Waals surface area contributed by atoms with Crippen molar-refractivity contribution >= 4 is 29.6 Å². The monoisotopic (exact) mass is 856 g/mol. The van der Waals surface area contributed by atoms with Crippen molar-refractivity contribution in [2.75, 3.05) is 79.4 Å². The van der Waals surface area contributed by atoms with Crippen LogP contribution in [0, 0.1) is 0 Å². The van der Waals surface area contributed by atoms with E-state index < -0.39 is 124 Å². The molecular formula is C35H64N6O18. The number of nitrogens with two attached hydrogens (primary N) is 1. The SMILES string of the molecule is COC(=O)CCCCCNC(=O)[C@H](CCCCN)NC(=O)CN(CC(=O)NCCO[C@H]1O[C@H](CO)[C@@H](O)[C@H](O)[C@@H]1O)CC(=O)NCCO[C@H]1O[C@H](CO)[C@@H](O)[C@H](O)[C@@H]1O. The van der Waals surface area contributed by atoms with Crippen LogP contribution in [0.5, 0.6) is 0 Å². The molecule has 0 aromatic carbocycles. The molecule has 0 radical (unpaired) electrons. The molecule has 59 heavy (non-hydrogen) atoms. The van der Waals surface area contributed by atoms with Gasteiger partial charge in [-0.05, 0) is 38.6 Å². The number of hydrogen-bond acceptors (Lipinski definition) is 20. The molecule has 0 aliphatic carbocycles. The van der Waals surface area contributed by atoms with E-state index in [1.807, 2.05) is 0 Å². The Hall–Kier alpha value is -3.21. The standard InChI is InChI=1S/C35H64N6O18/c1-55-26(47)8-3-2-6-10-39-33(54)20(7-4-5-9-36)40-25(46)17-41(15-23(44)37-11-13-56-34-31(52)29(50)27(48)21(18-42)58-34)16-24(45)38-12-14-57-35-32(53)30(51)28(49)22(19-43)59-35/h20-22,27-32,34-35,42-43,48-53H,2-19,36H2,1H3,(H,37,44)(H,38,45)(H,39,54)(H,40,46)/t20-,21+,22+,27+,28+,29-,30-,31-,32-,34-,35-/m0/s1. The number of ether oxygens (including phenoxy) is 5. The van der Waals surface area contributed by atoms with Crippen LogP contribution in [0.15, 0.2) is 0 Å². The highest BCUT2D eigenvalue weighted by molar-refractivity contribution is 5.89. The topological polar surface area (TPSA) is 371 Å². The number of rotatable bonds is 28. The molecule has 2 aliphatic rings. The van der Waals surface area contributed by atoms with Crippen LogP contribution in [0.1, 0.15) is 44.9 Å². The van der Waals surface area contributed by atoms with Gasteiger partial charge in [0.25, 0.3) is 0 Å². The Bertz CT molecular complexity index is 1210. The van der Waals surface area contributed by atoms with Crippen LogP contribution in [-0.4, -0.2) is 222 Å². The maximum atomic E-state index is 13.3. The molecule has 0 bridgehead atoms. The average Bonchev–Trinajstić information content (AvgIpc) is 3.21. The second-order valence-electron chi connectivity index (χ2n) is 14.1. The summed E-state index contributed by atoms with van der Waals surface area (Å²) in [5.41, 5.74) is 5.62. The van der Waals surface area contributed by atoms with E-state index in [4.69, 9.17) is 24.7 Å². The van der Waals surface area contributed by atoms with Gasteiger partial charge >= 0.3 is 5.97 Å². The predicted octanol–water partition coefficient (Wildman–Crippen LogP) is -7.38. The number of amides is 4. The van der Waals surface area contributed by atoms with E-state index in [2.05, 4.69) is 26.0 Å². The van der Waals surface area contributed by atoms with Crippen molar-refractivity contribution in [1.29, 1.82) is 0 Å². The fourth-order valence-electron chi connectivity index (χ4n) is 6.04. The molecule has 0 saturated carbocycles. The minimum absolute atomic E-state index is 0.165. The van der Waals surface area contributed by atoms with Crippen molar-refractivity contribution in [3.8, 4) is 0 Å². The molecule has 2 fully saturated rings. The van der Waals surface area contributed by atoms with Crippen LogP contribution < -0.4 is 27.0 Å². The van der Waals surface area contributed by atoms with Gasteiger partial charge in [-0.3, -0.25) is 28.9 Å². The van der Waals surface area contributed by atoms with Crippen LogP contribution >= 0.6 is 0 Å². The Labute approximate surface area is 341 Å². The first-order chi connectivity index (χ1) is 28.2. The lowest BCUT2D eigenvalue weighted by atomic mass is 9.99. The smallest absolute Gasteiger partial charge is 0.305 e. The molecule has 14 N–H and O–H groups in total. The van der Waals surface area contributed by atoms with Gasteiger partial charge in [0.1, 0.15) is 54.9 Å². The summed E-state index contributed by atoms with van der Waals surface area (Å²) in [6.07, 6.45) is -11.7. The number of nitrogens with zero attached hydrogens (tertiary/aromatic N) is 1. The Balaban J connectivity index is 2.00. The molecule has 342 valence electrons. The number of carbonyl (C=O) groups is 5. The minimum Gasteiger partial charge on any atom is -0.469 e. The number of nitrogens with one attached hydrogen (secondary N) is 4. The zero-order chi connectivity index (χ0) is 43.9. The Kier molecular flexibility index (Phi) is 24.9. The minimum atomic E-state index is -1.67. The molecule has 24 heteroatoms. The van der Waals surface area contributed by atoms with Crippen LogP contribution in [0.4, 0.5) is 0 Å². The number of methoxy groups -OCH3 is 1. The van der Waals surface area contributed by atoms with Crippen LogP contribution in [0.3, 0.4) is 0 Å². The van der Waals surface area contributed by atoms with Gasteiger partial charge in [0.15, 0.2) is 12.6 Å². The molecule has 2 heterocycles. The fraction of sp³-hybridized carbons (Fsp3) is 0.857. The van der Waals surface area contributed by atoms with Crippen molar-refractivity contribution in [2.24, 2.45) is 5.73 Å². The fourth-order valence-corrected chi connectivity index (χ4v) is 6.04. The van der Waals surface area contributed by atoms with E-state index in [0.29, 0.717) is 38.6 Å². The largest absolute Gasteiger partial charge is 0.469 e. The second-order valence-corrected chi connectivity index (χ2v) is 14.1. The van der Waals surface area contributed by atoms with Gasteiger partial charge in [0.05, 0.1) is 53.2 Å². The zero-order valence-electron chi connectivity index (χ0n) is 33.3. The first kappa shape index (κ1) is 51.9. The third-order valence-electron chi connectivity index (χ3n) is 9.39. The molecule has 0 aromatic rings. The van der Waals surface area contributed by atoms with Crippen LogP contribution in [0.25, 0.3) is 0 Å². The molecular weight excluding hydrogens is 792 g/mol. The highest BCUT2D eigenvalue weighted by atomic mass is 16.7. The van der Waals surface area contributed by atoms with Gasteiger partial charge in [-0.1, -0.05) is 6.42 Å². The average molecular weight is 857 g/mol. The summed E-state index contributed by atoms with van der Waals surface area (Å²) in [6.45, 7) is -3.04. The van der Waals surface area contributed by atoms with Gasteiger partial charge < -0.3 is 91.5 Å². The molecule has 2 saturated heterocycles. The number of hydrogen-bond donors (Lipinski definition) is 13. The summed E-state index contributed by atoms with van der Waals surface area (Å²) in [5, 5.41) is 89.3. The normalized spacial score (nSPS) is 27.4. The highest BCUT2D eigenvalue weighted by Crippen LogP contribution is 2.23. The van der Waals surface area contributed by atoms with E-state index in [1.54, 1.807) is 0 Å². The maximum Gasteiger partial charge on any atom is 0.305 e. The number of unbranched alkanes of at least 4 members (excludes halogenated alkanes) is 3. The number of aliphatic hydroxyl groups excluding tert-OH is 8. The van der Waals surface area contributed by atoms with Gasteiger partial charge in [0, 0.05) is 26.1 Å². The lowest BCUT2D eigenvalue weighted by molar-refractivity contribution is -0.300. The number of aliphatic hydroxyl groups is 8.